The van der Waals surface area contributed by atoms with Crippen LogP contribution in [0.15, 0.2) is 0 Å². The van der Waals surface area contributed by atoms with Crippen LogP contribution in [0.1, 0.15) is 19.8 Å². The Hall–Kier alpha value is -0.550. The van der Waals surface area contributed by atoms with Crippen molar-refractivity contribution in [1.82, 2.24) is 0 Å². The van der Waals surface area contributed by atoms with Gasteiger partial charge in [-0.2, -0.15) is 5.26 Å². The highest BCUT2D eigenvalue weighted by molar-refractivity contribution is 4.74. The molecule has 0 unspecified atom stereocenters. The Kier molecular flexibility index (Phi) is 6.99. The summed E-state index contributed by atoms with van der Waals surface area (Å²) in [4.78, 5) is 0. The molecule has 2 heteroatoms. The number of hydrogen-bond acceptors (Lipinski definition) is 2. The molecular weight excluding hydrogens is 114 g/mol. The number of ether oxygens (including phenoxy) is 1. The maximum Gasteiger partial charge on any atom is 0.0621 e. The summed E-state index contributed by atoms with van der Waals surface area (Å²) in [6, 6.07) is 2.06. The van der Waals surface area contributed by atoms with Gasteiger partial charge in [0.05, 0.1) is 6.07 Å². The van der Waals surface area contributed by atoms with Gasteiger partial charge in [-0.1, -0.05) is 0 Å². The molecule has 0 atom stereocenters. The second-order valence-corrected chi connectivity index (χ2v) is 1.64. The first-order valence-corrected chi connectivity index (χ1v) is 3.18. The van der Waals surface area contributed by atoms with Gasteiger partial charge in [-0.05, 0) is 19.8 Å². The molecule has 2 nitrogen and oxygen atoms in total. The Balaban J connectivity index is 2.69. The molecule has 0 aliphatic heterocycles. The zero-order valence-electron chi connectivity index (χ0n) is 5.76. The lowest BCUT2D eigenvalue weighted by atomic mass is 10.3. The highest BCUT2D eigenvalue weighted by Crippen LogP contribution is 1.91. The molecule has 0 spiro atoms. The van der Waals surface area contributed by atoms with Crippen molar-refractivity contribution in [1.29, 1.82) is 5.26 Å². The SMILES string of the molecule is CCOC[CH]CCC#N. The van der Waals surface area contributed by atoms with Crippen LogP contribution in [0.25, 0.3) is 0 Å². The van der Waals surface area contributed by atoms with Crippen molar-refractivity contribution >= 4 is 0 Å². The van der Waals surface area contributed by atoms with Crippen LogP contribution in [-0.4, -0.2) is 13.2 Å². The lowest BCUT2D eigenvalue weighted by Crippen LogP contribution is -1.93. The molecule has 0 heterocycles. The summed E-state index contributed by atoms with van der Waals surface area (Å²) in [7, 11) is 0. The first-order chi connectivity index (χ1) is 4.41. The number of nitrogens with zero attached hydrogens (tertiary/aromatic N) is 1. The third-order valence-electron chi connectivity index (χ3n) is 0.900. The third kappa shape index (κ3) is 7.45. The maximum absolute atomic E-state index is 8.11. The molecule has 0 N–H and O–H groups in total. The molecule has 51 valence electrons. The molecule has 0 saturated carbocycles. The van der Waals surface area contributed by atoms with Gasteiger partial charge in [-0.25, -0.2) is 0 Å². The molecule has 0 aliphatic carbocycles. The Labute approximate surface area is 56.4 Å². The first kappa shape index (κ1) is 8.45. The molecule has 0 amide bonds. The molecule has 0 bridgehead atoms. The largest absolute Gasteiger partial charge is 0.381 e. The van der Waals surface area contributed by atoms with Crippen LogP contribution in [0.5, 0.6) is 0 Å². The van der Waals surface area contributed by atoms with E-state index in [1.165, 1.54) is 0 Å². The second-order valence-electron chi connectivity index (χ2n) is 1.64. The smallest absolute Gasteiger partial charge is 0.0621 e. The monoisotopic (exact) mass is 126 g/mol. The summed E-state index contributed by atoms with van der Waals surface area (Å²) in [5, 5.41) is 8.11. The van der Waals surface area contributed by atoms with Crippen LogP contribution < -0.4 is 0 Å². The lowest BCUT2D eigenvalue weighted by molar-refractivity contribution is 0.166. The fourth-order valence-electron chi connectivity index (χ4n) is 0.451. The van der Waals surface area contributed by atoms with Crippen LogP contribution in [-0.2, 0) is 4.74 Å². The average Bonchev–Trinajstić information content (AvgIpc) is 1.89. The Bertz CT molecular complexity index is 85.4. The van der Waals surface area contributed by atoms with Gasteiger partial charge in [0, 0.05) is 19.6 Å². The predicted octanol–water partition coefficient (Wildman–Crippen LogP) is 1.53. The van der Waals surface area contributed by atoms with Crippen LogP contribution in [0.4, 0.5) is 0 Å². The molecule has 0 fully saturated rings. The number of nitriles is 1. The summed E-state index contributed by atoms with van der Waals surface area (Å²) in [5.41, 5.74) is 0. The van der Waals surface area contributed by atoms with Gasteiger partial charge in [-0.3, -0.25) is 0 Å². The normalized spacial score (nSPS) is 8.89. The molecule has 0 aromatic heterocycles. The Morgan fingerprint density at radius 1 is 1.67 bits per heavy atom. The molecule has 9 heavy (non-hydrogen) atoms. The zero-order chi connectivity index (χ0) is 6.95. The van der Waals surface area contributed by atoms with Crippen molar-refractivity contribution in [3.63, 3.8) is 0 Å². The van der Waals surface area contributed by atoms with Gasteiger partial charge in [0.2, 0.25) is 0 Å². The fraction of sp³-hybridized carbons (Fsp3) is 0.714. The topological polar surface area (TPSA) is 33.0 Å². The fourth-order valence-corrected chi connectivity index (χ4v) is 0.451. The van der Waals surface area contributed by atoms with Crippen molar-refractivity contribution in [2.45, 2.75) is 19.8 Å². The summed E-state index contributed by atoms with van der Waals surface area (Å²) < 4.78 is 5.02. The number of hydrogen-bond donors (Lipinski definition) is 0. The van der Waals surface area contributed by atoms with E-state index in [1.54, 1.807) is 0 Å². The van der Waals surface area contributed by atoms with Crippen LogP contribution in [0.2, 0.25) is 0 Å². The minimum atomic E-state index is 0.604. The number of rotatable bonds is 5. The standard InChI is InChI=1S/C7H12NO/c1-2-9-7-5-3-4-6-8/h5H,2-4,7H2,1H3. The Morgan fingerprint density at radius 2 is 2.44 bits per heavy atom. The van der Waals surface area contributed by atoms with Gasteiger partial charge in [0.25, 0.3) is 0 Å². The lowest BCUT2D eigenvalue weighted by Gasteiger charge is -1.95. The van der Waals surface area contributed by atoms with E-state index in [0.717, 1.165) is 13.0 Å². The third-order valence-corrected chi connectivity index (χ3v) is 0.900. The molecule has 1 radical (unpaired) electrons. The molecular formula is C7H12NO. The van der Waals surface area contributed by atoms with E-state index < -0.39 is 0 Å². The average molecular weight is 126 g/mol. The van der Waals surface area contributed by atoms with Gasteiger partial charge in [-0.15, -0.1) is 0 Å². The minimum absolute atomic E-state index is 0.604. The predicted molar refractivity (Wildman–Crippen MR) is 35.6 cm³/mol. The van der Waals surface area contributed by atoms with Crippen molar-refractivity contribution in [2.75, 3.05) is 13.2 Å². The van der Waals surface area contributed by atoms with Crippen LogP contribution in [0.3, 0.4) is 0 Å². The van der Waals surface area contributed by atoms with E-state index in [4.69, 9.17) is 10.00 Å². The van der Waals surface area contributed by atoms with Gasteiger partial charge >= 0.3 is 0 Å². The van der Waals surface area contributed by atoms with Crippen LogP contribution >= 0.6 is 0 Å². The van der Waals surface area contributed by atoms with Gasteiger partial charge < -0.3 is 4.74 Å². The second kappa shape index (κ2) is 7.45. The summed E-state index contributed by atoms with van der Waals surface area (Å²) in [5.74, 6) is 0. The molecule has 0 aromatic rings. The van der Waals surface area contributed by atoms with E-state index >= 15 is 0 Å². The minimum Gasteiger partial charge on any atom is -0.381 e. The van der Waals surface area contributed by atoms with E-state index in [9.17, 15) is 0 Å². The van der Waals surface area contributed by atoms with Crippen molar-refractivity contribution < 1.29 is 4.74 Å². The molecule has 0 aromatic carbocycles. The zero-order valence-corrected chi connectivity index (χ0v) is 5.76. The summed E-state index contributed by atoms with van der Waals surface area (Å²) in [6.45, 7) is 3.39. The van der Waals surface area contributed by atoms with Gasteiger partial charge in [0.15, 0.2) is 0 Å². The first-order valence-electron chi connectivity index (χ1n) is 3.18. The Morgan fingerprint density at radius 3 is 3.00 bits per heavy atom. The van der Waals surface area contributed by atoms with Gasteiger partial charge in [0.1, 0.15) is 0 Å². The molecule has 0 rings (SSSR count). The van der Waals surface area contributed by atoms with E-state index in [0.29, 0.717) is 13.0 Å². The molecule has 0 saturated heterocycles. The van der Waals surface area contributed by atoms with E-state index in [-0.39, 0.29) is 0 Å². The van der Waals surface area contributed by atoms with Crippen molar-refractivity contribution in [2.24, 2.45) is 0 Å². The van der Waals surface area contributed by atoms with Crippen molar-refractivity contribution in [3.8, 4) is 6.07 Å². The van der Waals surface area contributed by atoms with E-state index in [2.05, 4.69) is 6.07 Å². The van der Waals surface area contributed by atoms with Crippen molar-refractivity contribution in [3.05, 3.63) is 6.42 Å². The number of unbranched alkanes of at least 4 members (excludes halogenated alkanes) is 2. The maximum atomic E-state index is 8.11. The summed E-state index contributed by atoms with van der Waals surface area (Å²) >= 11 is 0. The highest BCUT2D eigenvalue weighted by atomic mass is 16.5. The van der Waals surface area contributed by atoms with E-state index in [1.807, 2.05) is 13.3 Å². The quantitative estimate of drug-likeness (QED) is 0.523. The summed E-state index contributed by atoms with van der Waals surface area (Å²) in [6.07, 6.45) is 3.43. The highest BCUT2D eigenvalue weighted by Gasteiger charge is 1.85. The van der Waals surface area contributed by atoms with Crippen LogP contribution in [0, 0.1) is 17.8 Å². The molecule has 0 aliphatic rings.